The van der Waals surface area contributed by atoms with Gasteiger partial charge < -0.3 is 4.90 Å². The molecule has 0 saturated carbocycles. The molecule has 0 aromatic heterocycles. The third-order valence-corrected chi connectivity index (χ3v) is 5.77. The molecule has 1 amide bonds. The molecule has 1 aliphatic heterocycles. The maximum absolute atomic E-state index is 12.9. The van der Waals surface area contributed by atoms with Crippen molar-refractivity contribution in [3.8, 4) is 0 Å². The highest BCUT2D eigenvalue weighted by molar-refractivity contribution is 7.98. The summed E-state index contributed by atoms with van der Waals surface area (Å²) in [5, 5.41) is 0.0594. The summed E-state index contributed by atoms with van der Waals surface area (Å²) in [6.45, 7) is 0.640. The fraction of sp³-hybridized carbons (Fsp3) is 0.136. The summed E-state index contributed by atoms with van der Waals surface area (Å²) in [5.74, 6) is 1.02. The average Bonchev–Trinajstić information content (AvgIpc) is 2.94. The molecule has 3 aromatic carbocycles. The standard InChI is InChI=1S/C22H19NOS/c24-21-19-13-7-8-14-20(19)22(25-16-18-11-5-2-6-12-18)23(21)15-17-9-3-1-4-10-17/h1-14,22H,15-16H2/t22-/m1/s1. The van der Waals surface area contributed by atoms with Gasteiger partial charge in [-0.25, -0.2) is 0 Å². The molecule has 124 valence electrons. The molecule has 0 N–H and O–H groups in total. The van der Waals surface area contributed by atoms with E-state index in [2.05, 4.69) is 42.5 Å². The Kier molecular flexibility index (Phi) is 4.57. The normalized spacial score (nSPS) is 16.1. The molecular weight excluding hydrogens is 326 g/mol. The Bertz CT molecular complexity index is 863. The highest BCUT2D eigenvalue weighted by Gasteiger charge is 2.36. The van der Waals surface area contributed by atoms with Gasteiger partial charge in [-0.15, -0.1) is 11.8 Å². The molecule has 3 aromatic rings. The van der Waals surface area contributed by atoms with Crippen LogP contribution in [-0.4, -0.2) is 10.8 Å². The Hall–Kier alpha value is -2.52. The SMILES string of the molecule is O=C1c2ccccc2[C@@H](SCc2ccccc2)N1Cc1ccccc1. The Morgan fingerprint density at radius 3 is 2.08 bits per heavy atom. The number of hydrogen-bond acceptors (Lipinski definition) is 2. The first-order chi connectivity index (χ1) is 12.3. The number of rotatable bonds is 5. The summed E-state index contributed by atoms with van der Waals surface area (Å²) in [6.07, 6.45) is 0. The van der Waals surface area contributed by atoms with E-state index in [-0.39, 0.29) is 11.3 Å². The lowest BCUT2D eigenvalue weighted by molar-refractivity contribution is 0.0761. The molecule has 4 rings (SSSR count). The summed E-state index contributed by atoms with van der Waals surface area (Å²) >= 11 is 1.82. The number of fused-ring (bicyclic) bond motifs is 1. The third kappa shape index (κ3) is 3.33. The summed E-state index contributed by atoms with van der Waals surface area (Å²) in [4.78, 5) is 14.9. The van der Waals surface area contributed by atoms with Crippen molar-refractivity contribution in [3.63, 3.8) is 0 Å². The Morgan fingerprint density at radius 1 is 0.760 bits per heavy atom. The second kappa shape index (κ2) is 7.16. The van der Waals surface area contributed by atoms with Crippen molar-refractivity contribution in [2.45, 2.75) is 17.7 Å². The zero-order valence-corrected chi connectivity index (χ0v) is 14.7. The lowest BCUT2D eigenvalue weighted by atomic mass is 10.1. The topological polar surface area (TPSA) is 20.3 Å². The van der Waals surface area contributed by atoms with E-state index in [4.69, 9.17) is 0 Å². The molecule has 25 heavy (non-hydrogen) atoms. The van der Waals surface area contributed by atoms with Gasteiger partial charge in [0.05, 0.1) is 0 Å². The molecule has 2 nitrogen and oxygen atoms in total. The Labute approximate surface area is 152 Å². The lowest BCUT2D eigenvalue weighted by Gasteiger charge is -2.25. The minimum atomic E-state index is 0.0594. The molecule has 0 aliphatic carbocycles. The highest BCUT2D eigenvalue weighted by Crippen LogP contribution is 2.43. The van der Waals surface area contributed by atoms with Crippen molar-refractivity contribution in [1.29, 1.82) is 0 Å². The third-order valence-electron chi connectivity index (χ3n) is 4.45. The number of nitrogens with zero attached hydrogens (tertiary/aromatic N) is 1. The van der Waals surface area contributed by atoms with E-state index in [0.717, 1.165) is 22.4 Å². The van der Waals surface area contributed by atoms with E-state index in [1.54, 1.807) is 0 Å². The fourth-order valence-electron chi connectivity index (χ4n) is 3.20. The molecule has 0 saturated heterocycles. The summed E-state index contributed by atoms with van der Waals surface area (Å²) in [6, 6.07) is 28.6. The number of amides is 1. The maximum atomic E-state index is 12.9. The molecule has 0 radical (unpaired) electrons. The van der Waals surface area contributed by atoms with E-state index in [1.807, 2.05) is 59.1 Å². The van der Waals surface area contributed by atoms with Crippen LogP contribution in [0.25, 0.3) is 0 Å². The molecule has 3 heteroatoms. The summed E-state index contributed by atoms with van der Waals surface area (Å²) < 4.78 is 0. The second-order valence-corrected chi connectivity index (χ2v) is 7.22. The van der Waals surface area contributed by atoms with Crippen molar-refractivity contribution >= 4 is 17.7 Å². The van der Waals surface area contributed by atoms with Gasteiger partial charge in [-0.3, -0.25) is 4.79 Å². The first kappa shape index (κ1) is 16.0. The van der Waals surface area contributed by atoms with Gasteiger partial charge in [-0.05, 0) is 22.8 Å². The molecule has 1 atom stereocenters. The number of thioether (sulfide) groups is 1. The van der Waals surface area contributed by atoms with Crippen LogP contribution < -0.4 is 0 Å². The van der Waals surface area contributed by atoms with Crippen LogP contribution in [0.3, 0.4) is 0 Å². The number of carbonyl (C=O) groups excluding carboxylic acids is 1. The summed E-state index contributed by atoms with van der Waals surface area (Å²) in [7, 11) is 0. The van der Waals surface area contributed by atoms with Crippen molar-refractivity contribution in [2.75, 3.05) is 0 Å². The van der Waals surface area contributed by atoms with Gasteiger partial charge in [0.25, 0.3) is 5.91 Å². The van der Waals surface area contributed by atoms with Crippen molar-refractivity contribution in [1.82, 2.24) is 4.90 Å². The van der Waals surface area contributed by atoms with Crippen molar-refractivity contribution in [2.24, 2.45) is 0 Å². The zero-order valence-electron chi connectivity index (χ0n) is 13.8. The fourth-order valence-corrected chi connectivity index (χ4v) is 4.48. The zero-order chi connectivity index (χ0) is 17.1. The van der Waals surface area contributed by atoms with E-state index in [1.165, 1.54) is 5.56 Å². The van der Waals surface area contributed by atoms with Gasteiger partial charge in [-0.1, -0.05) is 78.9 Å². The molecule has 1 aliphatic rings. The smallest absolute Gasteiger partial charge is 0.255 e. The van der Waals surface area contributed by atoms with E-state index in [0.29, 0.717) is 6.54 Å². The Balaban J connectivity index is 1.60. The largest absolute Gasteiger partial charge is 0.318 e. The van der Waals surface area contributed by atoms with Crippen LogP contribution in [0, 0.1) is 0 Å². The predicted octanol–water partition coefficient (Wildman–Crippen LogP) is 5.27. The van der Waals surface area contributed by atoms with Crippen LogP contribution in [0.4, 0.5) is 0 Å². The van der Waals surface area contributed by atoms with Crippen molar-refractivity contribution in [3.05, 3.63) is 107 Å². The first-order valence-electron chi connectivity index (χ1n) is 8.42. The molecular formula is C22H19NOS. The van der Waals surface area contributed by atoms with Crippen LogP contribution in [0.2, 0.25) is 0 Å². The van der Waals surface area contributed by atoms with Gasteiger partial charge in [0.1, 0.15) is 5.37 Å². The van der Waals surface area contributed by atoms with E-state index in [9.17, 15) is 4.79 Å². The molecule has 0 spiro atoms. The quantitative estimate of drug-likeness (QED) is 0.627. The van der Waals surface area contributed by atoms with Crippen LogP contribution in [0.1, 0.15) is 32.4 Å². The minimum absolute atomic E-state index is 0.0594. The summed E-state index contributed by atoms with van der Waals surface area (Å²) in [5.41, 5.74) is 4.41. The van der Waals surface area contributed by atoms with Gasteiger partial charge in [0.2, 0.25) is 0 Å². The van der Waals surface area contributed by atoms with Crippen LogP contribution in [-0.2, 0) is 12.3 Å². The van der Waals surface area contributed by atoms with Gasteiger partial charge in [-0.2, -0.15) is 0 Å². The number of carbonyl (C=O) groups is 1. The monoisotopic (exact) mass is 345 g/mol. The molecule has 0 unspecified atom stereocenters. The Morgan fingerprint density at radius 2 is 1.36 bits per heavy atom. The lowest BCUT2D eigenvalue weighted by Crippen LogP contribution is -2.26. The predicted molar refractivity (Wildman–Crippen MR) is 103 cm³/mol. The molecule has 0 bridgehead atoms. The second-order valence-electron chi connectivity index (χ2n) is 6.15. The van der Waals surface area contributed by atoms with Gasteiger partial charge in [0, 0.05) is 17.9 Å². The minimum Gasteiger partial charge on any atom is -0.318 e. The molecule has 1 heterocycles. The van der Waals surface area contributed by atoms with Crippen LogP contribution in [0.15, 0.2) is 84.9 Å². The number of hydrogen-bond donors (Lipinski definition) is 0. The average molecular weight is 345 g/mol. The maximum Gasteiger partial charge on any atom is 0.255 e. The highest BCUT2D eigenvalue weighted by atomic mass is 32.2. The van der Waals surface area contributed by atoms with E-state index >= 15 is 0 Å². The first-order valence-corrected chi connectivity index (χ1v) is 9.47. The van der Waals surface area contributed by atoms with Crippen LogP contribution in [0.5, 0.6) is 0 Å². The van der Waals surface area contributed by atoms with Crippen LogP contribution >= 0.6 is 11.8 Å². The number of benzene rings is 3. The molecule has 0 fully saturated rings. The van der Waals surface area contributed by atoms with E-state index < -0.39 is 0 Å². The van der Waals surface area contributed by atoms with Gasteiger partial charge in [0.15, 0.2) is 0 Å². The van der Waals surface area contributed by atoms with Crippen molar-refractivity contribution < 1.29 is 4.79 Å². The van der Waals surface area contributed by atoms with Gasteiger partial charge >= 0.3 is 0 Å².